The van der Waals surface area contributed by atoms with Gasteiger partial charge in [-0.1, -0.05) is 11.6 Å². The molecule has 0 spiro atoms. The SMILES string of the molecule is O=Cc1cn(Cc2ncc(Cl)cc2F)c(Br)n1. The highest BCUT2D eigenvalue weighted by Gasteiger charge is 2.09. The van der Waals surface area contributed by atoms with Gasteiger partial charge in [-0.15, -0.1) is 0 Å². The predicted molar refractivity (Wildman–Crippen MR) is 63.6 cm³/mol. The monoisotopic (exact) mass is 317 g/mol. The van der Waals surface area contributed by atoms with E-state index in [1.54, 1.807) is 4.57 Å². The zero-order chi connectivity index (χ0) is 12.4. The average molecular weight is 319 g/mol. The van der Waals surface area contributed by atoms with Crippen molar-refractivity contribution in [2.75, 3.05) is 0 Å². The molecular weight excluding hydrogens is 312 g/mol. The number of hydrogen-bond acceptors (Lipinski definition) is 3. The van der Waals surface area contributed by atoms with E-state index >= 15 is 0 Å². The molecule has 0 atom stereocenters. The van der Waals surface area contributed by atoms with Gasteiger partial charge in [0.15, 0.2) is 11.0 Å². The summed E-state index contributed by atoms with van der Waals surface area (Å²) in [4.78, 5) is 18.3. The van der Waals surface area contributed by atoms with Crippen LogP contribution in [0.4, 0.5) is 4.39 Å². The lowest BCUT2D eigenvalue weighted by Gasteiger charge is -2.04. The zero-order valence-electron chi connectivity index (χ0n) is 8.40. The Hall–Kier alpha value is -1.27. The molecule has 4 nitrogen and oxygen atoms in total. The Bertz CT molecular complexity index is 573. The van der Waals surface area contributed by atoms with Crippen LogP contribution >= 0.6 is 27.5 Å². The summed E-state index contributed by atoms with van der Waals surface area (Å²) in [7, 11) is 0. The van der Waals surface area contributed by atoms with Gasteiger partial charge >= 0.3 is 0 Å². The molecule has 0 saturated carbocycles. The van der Waals surface area contributed by atoms with Gasteiger partial charge in [-0.25, -0.2) is 9.37 Å². The van der Waals surface area contributed by atoms with Gasteiger partial charge in [-0.05, 0) is 22.0 Å². The van der Waals surface area contributed by atoms with Crippen molar-refractivity contribution < 1.29 is 9.18 Å². The van der Waals surface area contributed by atoms with Crippen LogP contribution in [0.5, 0.6) is 0 Å². The predicted octanol–water partition coefficient (Wildman–Crippen LogP) is 2.69. The maximum absolute atomic E-state index is 13.5. The molecule has 0 unspecified atom stereocenters. The van der Waals surface area contributed by atoms with Crippen molar-refractivity contribution in [2.45, 2.75) is 6.54 Å². The second-order valence-electron chi connectivity index (χ2n) is 3.26. The smallest absolute Gasteiger partial charge is 0.178 e. The van der Waals surface area contributed by atoms with Crippen LogP contribution in [0.3, 0.4) is 0 Å². The van der Waals surface area contributed by atoms with E-state index < -0.39 is 5.82 Å². The Morgan fingerprint density at radius 1 is 1.59 bits per heavy atom. The number of carbonyl (C=O) groups excluding carboxylic acids is 1. The van der Waals surface area contributed by atoms with E-state index in [0.29, 0.717) is 11.0 Å². The third-order valence-electron chi connectivity index (χ3n) is 2.07. The first-order valence-corrected chi connectivity index (χ1v) is 5.75. The largest absolute Gasteiger partial charge is 0.319 e. The molecule has 2 aromatic rings. The van der Waals surface area contributed by atoms with Crippen LogP contribution in [0, 0.1) is 5.82 Å². The lowest BCUT2D eigenvalue weighted by molar-refractivity contribution is 0.111. The zero-order valence-corrected chi connectivity index (χ0v) is 10.7. The van der Waals surface area contributed by atoms with Crippen LogP contribution < -0.4 is 0 Å². The van der Waals surface area contributed by atoms with E-state index in [-0.39, 0.29) is 23.0 Å². The topological polar surface area (TPSA) is 47.8 Å². The fourth-order valence-electron chi connectivity index (χ4n) is 1.30. The highest BCUT2D eigenvalue weighted by molar-refractivity contribution is 9.10. The third-order valence-corrected chi connectivity index (χ3v) is 2.91. The van der Waals surface area contributed by atoms with Gasteiger partial charge in [-0.2, -0.15) is 0 Å². The van der Waals surface area contributed by atoms with Gasteiger partial charge in [0.1, 0.15) is 11.5 Å². The average Bonchev–Trinajstić information content (AvgIpc) is 2.64. The number of imidazole rings is 1. The molecule has 0 fully saturated rings. The van der Waals surface area contributed by atoms with Crippen LogP contribution in [-0.4, -0.2) is 20.8 Å². The number of halogens is 3. The standard InChI is InChI=1S/C10H6BrClFN3O/c11-10-15-7(5-17)3-16(10)4-9-8(13)1-6(12)2-14-9/h1-3,5H,4H2. The highest BCUT2D eigenvalue weighted by Crippen LogP contribution is 2.15. The number of pyridine rings is 1. The molecule has 0 aliphatic heterocycles. The third kappa shape index (κ3) is 2.70. The molecule has 2 heterocycles. The number of aldehydes is 1. The lowest BCUT2D eigenvalue weighted by Crippen LogP contribution is -2.03. The van der Waals surface area contributed by atoms with Crippen molar-refractivity contribution in [1.82, 2.24) is 14.5 Å². The molecule has 17 heavy (non-hydrogen) atoms. The van der Waals surface area contributed by atoms with E-state index in [0.717, 1.165) is 0 Å². The summed E-state index contributed by atoms with van der Waals surface area (Å²) in [6.45, 7) is 0.171. The molecule has 0 amide bonds. The normalized spacial score (nSPS) is 10.5. The first-order valence-electron chi connectivity index (χ1n) is 4.58. The molecule has 0 radical (unpaired) electrons. The van der Waals surface area contributed by atoms with E-state index in [1.807, 2.05) is 0 Å². The van der Waals surface area contributed by atoms with E-state index in [1.165, 1.54) is 18.5 Å². The second-order valence-corrected chi connectivity index (χ2v) is 4.41. The Balaban J connectivity index is 2.30. The lowest BCUT2D eigenvalue weighted by atomic mass is 10.3. The van der Waals surface area contributed by atoms with Crippen molar-refractivity contribution in [3.63, 3.8) is 0 Å². The van der Waals surface area contributed by atoms with Crippen molar-refractivity contribution in [2.24, 2.45) is 0 Å². The van der Waals surface area contributed by atoms with Crippen LogP contribution in [0.2, 0.25) is 5.02 Å². The first-order chi connectivity index (χ1) is 8.10. The number of nitrogens with zero attached hydrogens (tertiary/aromatic N) is 3. The van der Waals surface area contributed by atoms with Gasteiger partial charge in [0.2, 0.25) is 0 Å². The molecule has 7 heteroatoms. The van der Waals surface area contributed by atoms with Crippen LogP contribution in [0.15, 0.2) is 23.2 Å². The van der Waals surface area contributed by atoms with Gasteiger partial charge in [0.05, 0.1) is 17.3 Å². The van der Waals surface area contributed by atoms with Gasteiger partial charge in [0, 0.05) is 12.4 Å². The maximum Gasteiger partial charge on any atom is 0.178 e. The number of aromatic nitrogens is 3. The van der Waals surface area contributed by atoms with Crippen LogP contribution in [0.25, 0.3) is 0 Å². The summed E-state index contributed by atoms with van der Waals surface area (Å²) in [5.41, 5.74) is 0.496. The summed E-state index contributed by atoms with van der Waals surface area (Å²) in [6, 6.07) is 1.19. The molecule has 0 saturated heterocycles. The van der Waals surface area contributed by atoms with Gasteiger partial charge in [0.25, 0.3) is 0 Å². The molecule has 0 aliphatic rings. The molecule has 2 rings (SSSR count). The summed E-state index contributed by atoms with van der Waals surface area (Å²) >= 11 is 8.77. The minimum absolute atomic E-state index is 0.171. The Kier molecular flexibility index (Phi) is 3.54. The van der Waals surface area contributed by atoms with E-state index in [9.17, 15) is 9.18 Å². The van der Waals surface area contributed by atoms with Crippen molar-refractivity contribution in [3.05, 3.63) is 45.4 Å². The molecular formula is C10H6BrClFN3O. The quantitative estimate of drug-likeness (QED) is 0.818. The molecule has 0 N–H and O–H groups in total. The van der Waals surface area contributed by atoms with Crippen molar-refractivity contribution >= 4 is 33.8 Å². The highest BCUT2D eigenvalue weighted by atomic mass is 79.9. The number of rotatable bonds is 3. The summed E-state index contributed by atoms with van der Waals surface area (Å²) in [5.74, 6) is -0.495. The van der Waals surface area contributed by atoms with E-state index in [4.69, 9.17) is 11.6 Å². The Labute approximate surface area is 110 Å². The fraction of sp³-hybridized carbons (Fsp3) is 0.100. The first kappa shape index (κ1) is 12.2. The summed E-state index contributed by atoms with van der Waals surface area (Å²) in [6.07, 6.45) is 3.49. The maximum atomic E-state index is 13.5. The molecule has 2 aromatic heterocycles. The van der Waals surface area contributed by atoms with Crippen molar-refractivity contribution in [1.29, 1.82) is 0 Å². The Morgan fingerprint density at radius 2 is 2.35 bits per heavy atom. The fourth-order valence-corrected chi connectivity index (χ4v) is 1.88. The molecule has 0 aliphatic carbocycles. The van der Waals surface area contributed by atoms with Gasteiger partial charge < -0.3 is 4.57 Å². The van der Waals surface area contributed by atoms with E-state index in [2.05, 4.69) is 25.9 Å². The van der Waals surface area contributed by atoms with Crippen LogP contribution in [-0.2, 0) is 6.54 Å². The molecule has 0 bridgehead atoms. The minimum Gasteiger partial charge on any atom is -0.319 e. The van der Waals surface area contributed by atoms with Crippen molar-refractivity contribution in [3.8, 4) is 0 Å². The summed E-state index contributed by atoms with van der Waals surface area (Å²) < 4.78 is 15.5. The Morgan fingerprint density at radius 3 is 2.94 bits per heavy atom. The van der Waals surface area contributed by atoms with Gasteiger partial charge in [-0.3, -0.25) is 9.78 Å². The molecule has 88 valence electrons. The van der Waals surface area contributed by atoms with Crippen LogP contribution in [0.1, 0.15) is 16.2 Å². The molecule has 0 aromatic carbocycles. The number of carbonyl (C=O) groups is 1. The minimum atomic E-state index is -0.495. The second kappa shape index (κ2) is 4.93. The summed E-state index contributed by atoms with van der Waals surface area (Å²) in [5, 5.41) is 0.240. The number of hydrogen-bond donors (Lipinski definition) is 0.